The van der Waals surface area contributed by atoms with E-state index in [-0.39, 0.29) is 17.6 Å². The number of para-hydroxylation sites is 1. The van der Waals surface area contributed by atoms with Crippen LogP contribution in [0.5, 0.6) is 0 Å². The van der Waals surface area contributed by atoms with E-state index in [1.54, 1.807) is 17.6 Å². The maximum Gasteiger partial charge on any atom is 0.324 e. The molecule has 3 rings (SSSR count). The van der Waals surface area contributed by atoms with E-state index in [4.69, 9.17) is 9.72 Å². The van der Waals surface area contributed by atoms with Crippen molar-refractivity contribution in [2.75, 3.05) is 6.61 Å². The summed E-state index contributed by atoms with van der Waals surface area (Å²) in [6, 6.07) is 16.7. The highest BCUT2D eigenvalue weighted by Crippen LogP contribution is 2.36. The summed E-state index contributed by atoms with van der Waals surface area (Å²) in [4.78, 5) is 30.6. The average molecular weight is 397 g/mol. The second-order valence-electron chi connectivity index (χ2n) is 6.50. The molecule has 0 radical (unpaired) electrons. The number of esters is 1. The number of carbonyl (C=O) groups excluding carboxylic acids is 1. The maximum absolute atomic E-state index is 13.2. The molecule has 0 aliphatic carbocycles. The van der Waals surface area contributed by atoms with Crippen molar-refractivity contribution in [1.82, 2.24) is 9.55 Å². The van der Waals surface area contributed by atoms with Crippen molar-refractivity contribution in [2.24, 2.45) is 0 Å². The molecule has 0 saturated heterocycles. The highest BCUT2D eigenvalue weighted by atomic mass is 32.2. The first-order chi connectivity index (χ1) is 13.6. The normalized spacial score (nSPS) is 13.2. The van der Waals surface area contributed by atoms with Crippen molar-refractivity contribution in [3.63, 3.8) is 0 Å². The van der Waals surface area contributed by atoms with Crippen LogP contribution in [0.15, 0.2) is 64.5 Å². The molecule has 0 spiro atoms. The molecule has 5 nitrogen and oxygen atoms in total. The van der Waals surface area contributed by atoms with E-state index < -0.39 is 5.25 Å². The smallest absolute Gasteiger partial charge is 0.324 e. The van der Waals surface area contributed by atoms with Crippen LogP contribution in [0.3, 0.4) is 0 Å². The quantitative estimate of drug-likeness (QED) is 0.327. The highest BCUT2D eigenvalue weighted by Gasteiger charge is 2.27. The maximum atomic E-state index is 13.2. The molecule has 3 aromatic rings. The molecule has 0 aliphatic rings. The number of fused-ring (bicyclic) bond motifs is 1. The van der Waals surface area contributed by atoms with E-state index in [1.165, 1.54) is 11.8 Å². The van der Waals surface area contributed by atoms with Crippen molar-refractivity contribution in [1.29, 1.82) is 0 Å². The van der Waals surface area contributed by atoms with Gasteiger partial charge in [-0.25, -0.2) is 4.98 Å². The van der Waals surface area contributed by atoms with Crippen LogP contribution < -0.4 is 5.56 Å². The van der Waals surface area contributed by atoms with Crippen molar-refractivity contribution in [3.8, 4) is 0 Å². The lowest BCUT2D eigenvalue weighted by molar-refractivity contribution is -0.142. The number of hydrogen-bond donors (Lipinski definition) is 0. The number of benzene rings is 2. The molecular formula is C22H24N2O3S. The zero-order valence-corrected chi connectivity index (χ0v) is 17.1. The van der Waals surface area contributed by atoms with Crippen LogP contribution >= 0.6 is 11.8 Å². The second-order valence-corrected chi connectivity index (χ2v) is 7.58. The predicted molar refractivity (Wildman–Crippen MR) is 113 cm³/mol. The molecule has 0 saturated carbocycles. The van der Waals surface area contributed by atoms with Gasteiger partial charge in [0.1, 0.15) is 5.25 Å². The van der Waals surface area contributed by atoms with Gasteiger partial charge in [0.15, 0.2) is 5.16 Å². The fraction of sp³-hybridized carbons (Fsp3) is 0.318. The minimum atomic E-state index is -0.593. The SMILES string of the molecule is CCOC(=O)[C@H](Sc1nc2ccccc2c(=O)n1[C@@H](C)CC)c1ccccc1. The molecular weight excluding hydrogens is 372 g/mol. The topological polar surface area (TPSA) is 61.2 Å². The van der Waals surface area contributed by atoms with Gasteiger partial charge in [-0.3, -0.25) is 14.2 Å². The van der Waals surface area contributed by atoms with Gasteiger partial charge in [0, 0.05) is 6.04 Å². The number of carbonyl (C=O) groups is 1. The Kier molecular flexibility index (Phi) is 6.52. The average Bonchev–Trinajstić information content (AvgIpc) is 2.72. The third-order valence-corrected chi connectivity index (χ3v) is 5.83. The first kappa shape index (κ1) is 20.1. The van der Waals surface area contributed by atoms with Gasteiger partial charge in [-0.2, -0.15) is 0 Å². The number of ether oxygens (including phenoxy) is 1. The minimum Gasteiger partial charge on any atom is -0.465 e. The van der Waals surface area contributed by atoms with E-state index in [9.17, 15) is 9.59 Å². The Morgan fingerprint density at radius 3 is 2.46 bits per heavy atom. The fourth-order valence-electron chi connectivity index (χ4n) is 2.98. The number of thioether (sulfide) groups is 1. The van der Waals surface area contributed by atoms with E-state index in [0.717, 1.165) is 12.0 Å². The van der Waals surface area contributed by atoms with Crippen LogP contribution in [0.2, 0.25) is 0 Å². The Bertz CT molecular complexity index is 1020. The fourth-order valence-corrected chi connectivity index (χ4v) is 4.18. The third-order valence-electron chi connectivity index (χ3n) is 4.63. The summed E-state index contributed by atoms with van der Waals surface area (Å²) in [5, 5.41) is 0.518. The first-order valence-corrected chi connectivity index (χ1v) is 10.3. The van der Waals surface area contributed by atoms with Crippen LogP contribution in [-0.2, 0) is 9.53 Å². The molecule has 0 aliphatic heterocycles. The summed E-state index contributed by atoms with van der Waals surface area (Å²) in [7, 11) is 0. The van der Waals surface area contributed by atoms with Crippen LogP contribution in [0.4, 0.5) is 0 Å². The van der Waals surface area contributed by atoms with E-state index in [0.29, 0.717) is 22.7 Å². The molecule has 0 unspecified atom stereocenters. The van der Waals surface area contributed by atoms with Crippen molar-refractivity contribution in [2.45, 2.75) is 43.6 Å². The minimum absolute atomic E-state index is 0.0364. The molecule has 0 amide bonds. The summed E-state index contributed by atoms with van der Waals surface area (Å²) < 4.78 is 7.00. The summed E-state index contributed by atoms with van der Waals surface area (Å²) in [6.45, 7) is 6.10. The number of nitrogens with zero attached hydrogens (tertiary/aromatic N) is 2. The summed E-state index contributed by atoms with van der Waals surface area (Å²) in [5.74, 6) is -0.336. The second kappa shape index (κ2) is 9.06. The standard InChI is InChI=1S/C22H24N2O3S/c1-4-15(3)24-20(25)17-13-9-10-14-18(17)23-22(24)28-19(21(26)27-5-2)16-11-7-6-8-12-16/h6-15,19H,4-5H2,1-3H3/t15-,19+/m0/s1. The number of rotatable bonds is 7. The molecule has 6 heteroatoms. The lowest BCUT2D eigenvalue weighted by Crippen LogP contribution is -2.27. The molecule has 0 N–H and O–H groups in total. The largest absolute Gasteiger partial charge is 0.465 e. The van der Waals surface area contributed by atoms with E-state index >= 15 is 0 Å². The zero-order chi connectivity index (χ0) is 20.1. The molecule has 2 atom stereocenters. The van der Waals surface area contributed by atoms with Crippen molar-refractivity contribution >= 4 is 28.6 Å². The van der Waals surface area contributed by atoms with Gasteiger partial charge in [-0.1, -0.05) is 61.2 Å². The Hall–Kier alpha value is -2.60. The van der Waals surface area contributed by atoms with Gasteiger partial charge in [0.05, 0.1) is 17.5 Å². The summed E-state index contributed by atoms with van der Waals surface area (Å²) >= 11 is 1.27. The van der Waals surface area contributed by atoms with Crippen LogP contribution in [0, 0.1) is 0 Å². The van der Waals surface area contributed by atoms with Gasteiger partial charge in [-0.15, -0.1) is 0 Å². The summed E-state index contributed by atoms with van der Waals surface area (Å²) in [6.07, 6.45) is 0.781. The highest BCUT2D eigenvalue weighted by molar-refractivity contribution is 8.00. The molecule has 1 aromatic heterocycles. The van der Waals surface area contributed by atoms with Gasteiger partial charge in [0.25, 0.3) is 5.56 Å². The summed E-state index contributed by atoms with van der Waals surface area (Å²) in [5.41, 5.74) is 1.37. The third kappa shape index (κ3) is 4.12. The molecule has 28 heavy (non-hydrogen) atoms. The zero-order valence-electron chi connectivity index (χ0n) is 16.3. The van der Waals surface area contributed by atoms with Crippen LogP contribution in [0.1, 0.15) is 44.0 Å². The molecule has 0 bridgehead atoms. The van der Waals surface area contributed by atoms with Gasteiger partial charge in [-0.05, 0) is 38.0 Å². The van der Waals surface area contributed by atoms with Gasteiger partial charge in [0.2, 0.25) is 0 Å². The number of aromatic nitrogens is 2. The predicted octanol–water partition coefficient (Wildman–Crippen LogP) is 4.76. The van der Waals surface area contributed by atoms with Gasteiger partial charge >= 0.3 is 5.97 Å². The first-order valence-electron chi connectivity index (χ1n) is 9.46. The monoisotopic (exact) mass is 396 g/mol. The molecule has 146 valence electrons. The number of hydrogen-bond acceptors (Lipinski definition) is 5. The Balaban J connectivity index is 2.14. The lowest BCUT2D eigenvalue weighted by atomic mass is 10.1. The van der Waals surface area contributed by atoms with E-state index in [1.807, 2.05) is 62.4 Å². The molecule has 0 fully saturated rings. The Morgan fingerprint density at radius 1 is 1.11 bits per heavy atom. The molecule has 2 aromatic carbocycles. The van der Waals surface area contributed by atoms with Crippen LogP contribution in [-0.4, -0.2) is 22.1 Å². The Morgan fingerprint density at radius 2 is 1.79 bits per heavy atom. The van der Waals surface area contributed by atoms with E-state index in [2.05, 4.69) is 0 Å². The van der Waals surface area contributed by atoms with Crippen molar-refractivity contribution < 1.29 is 9.53 Å². The van der Waals surface area contributed by atoms with Crippen LogP contribution in [0.25, 0.3) is 10.9 Å². The lowest BCUT2D eigenvalue weighted by Gasteiger charge is -2.21. The van der Waals surface area contributed by atoms with Gasteiger partial charge < -0.3 is 4.74 Å². The van der Waals surface area contributed by atoms with Crippen molar-refractivity contribution in [3.05, 3.63) is 70.5 Å². The molecule has 1 heterocycles. The Labute approximate surface area is 168 Å².